The van der Waals surface area contributed by atoms with Crippen molar-refractivity contribution < 1.29 is 4.42 Å². The van der Waals surface area contributed by atoms with Crippen molar-refractivity contribution >= 4 is 87.2 Å². The highest BCUT2D eigenvalue weighted by molar-refractivity contribution is 9.10. The minimum Gasteiger partial charge on any atom is -0.455 e. The summed E-state index contributed by atoms with van der Waals surface area (Å²) in [6.45, 7) is 4.49. The lowest BCUT2D eigenvalue weighted by atomic mass is 9.93. The van der Waals surface area contributed by atoms with Gasteiger partial charge in [0, 0.05) is 37.6 Å². The van der Waals surface area contributed by atoms with Crippen LogP contribution in [0.5, 0.6) is 0 Å². The summed E-state index contributed by atoms with van der Waals surface area (Å²) < 4.78 is 7.50. The molecule has 0 N–H and O–H groups in total. The van der Waals surface area contributed by atoms with Crippen LogP contribution in [0.3, 0.4) is 0 Å². The van der Waals surface area contributed by atoms with Crippen LogP contribution in [0.15, 0.2) is 148 Å². The third-order valence-corrected chi connectivity index (χ3v) is 10.2. The summed E-state index contributed by atoms with van der Waals surface area (Å²) >= 11 is 3.81. The highest BCUT2D eigenvalue weighted by atomic mass is 79.9. The predicted octanol–water partition coefficient (Wildman–Crippen LogP) is 13.5. The molecule has 0 unspecified atom stereocenters. The second kappa shape index (κ2) is 10.5. The third-order valence-electron chi connectivity index (χ3n) is 9.49. The zero-order valence-electron chi connectivity index (χ0n) is 25.6. The molecule has 0 aliphatic rings. The standard InChI is InChI=1S/C43H30BrNO/c1-26(2)27-10-18-31(19-11-27)45(39-25-17-30-14-22-36-38(44)24-16-29-15-23-37(39)42(30)41(29)36)32-20-12-28(13-21-32)33-7-5-8-35-34-6-3-4-9-40(34)46-43(33)35/h3-26H,1-2H3. The molecular formula is C43H30BrNO. The first kappa shape index (κ1) is 27.2. The fourth-order valence-electron chi connectivity index (χ4n) is 7.15. The van der Waals surface area contributed by atoms with Gasteiger partial charge in [-0.1, -0.05) is 127 Å². The Morgan fingerprint density at radius 3 is 1.93 bits per heavy atom. The van der Waals surface area contributed by atoms with Crippen molar-refractivity contribution in [1.29, 1.82) is 0 Å². The molecule has 46 heavy (non-hydrogen) atoms. The summed E-state index contributed by atoms with van der Waals surface area (Å²) in [6.07, 6.45) is 0. The van der Waals surface area contributed by atoms with E-state index in [0.717, 1.165) is 54.6 Å². The second-order valence-electron chi connectivity index (χ2n) is 12.5. The molecule has 0 atom stereocenters. The molecule has 220 valence electrons. The molecule has 8 aromatic carbocycles. The number of hydrogen-bond acceptors (Lipinski definition) is 2. The molecule has 9 aromatic rings. The minimum atomic E-state index is 0.468. The van der Waals surface area contributed by atoms with Crippen LogP contribution in [-0.2, 0) is 0 Å². The van der Waals surface area contributed by atoms with Gasteiger partial charge in [0.05, 0.1) is 5.69 Å². The molecule has 3 heteroatoms. The van der Waals surface area contributed by atoms with Crippen molar-refractivity contribution in [3.8, 4) is 11.1 Å². The Labute approximate surface area is 276 Å². The quantitative estimate of drug-likeness (QED) is 0.171. The zero-order chi connectivity index (χ0) is 30.9. The van der Waals surface area contributed by atoms with Gasteiger partial charge in [-0.05, 0) is 86.4 Å². The van der Waals surface area contributed by atoms with Gasteiger partial charge in [-0.15, -0.1) is 0 Å². The van der Waals surface area contributed by atoms with Crippen molar-refractivity contribution in [1.82, 2.24) is 0 Å². The first-order chi connectivity index (χ1) is 22.5. The maximum Gasteiger partial charge on any atom is 0.143 e. The second-order valence-corrected chi connectivity index (χ2v) is 13.3. The summed E-state index contributed by atoms with van der Waals surface area (Å²) in [4.78, 5) is 2.40. The van der Waals surface area contributed by atoms with Gasteiger partial charge in [0.15, 0.2) is 0 Å². The number of para-hydroxylation sites is 2. The number of nitrogens with zero attached hydrogens (tertiary/aromatic N) is 1. The topological polar surface area (TPSA) is 16.4 Å². The average Bonchev–Trinajstić information content (AvgIpc) is 3.48. The van der Waals surface area contributed by atoms with Gasteiger partial charge in [0.2, 0.25) is 0 Å². The highest BCUT2D eigenvalue weighted by Gasteiger charge is 2.20. The lowest BCUT2D eigenvalue weighted by molar-refractivity contribution is 0.670. The molecular weight excluding hydrogens is 626 g/mol. The van der Waals surface area contributed by atoms with E-state index in [1.54, 1.807) is 0 Å². The van der Waals surface area contributed by atoms with E-state index in [0.29, 0.717) is 5.92 Å². The summed E-state index contributed by atoms with van der Waals surface area (Å²) in [5, 5.41) is 9.87. The molecule has 0 fully saturated rings. The number of fused-ring (bicyclic) bond motifs is 3. The van der Waals surface area contributed by atoms with Gasteiger partial charge >= 0.3 is 0 Å². The maximum atomic E-state index is 6.38. The first-order valence-electron chi connectivity index (χ1n) is 15.8. The van der Waals surface area contributed by atoms with Gasteiger partial charge in [-0.3, -0.25) is 0 Å². The average molecular weight is 657 g/mol. The molecule has 2 nitrogen and oxygen atoms in total. The monoisotopic (exact) mass is 655 g/mol. The molecule has 0 saturated heterocycles. The summed E-state index contributed by atoms with van der Waals surface area (Å²) in [5.74, 6) is 0.468. The van der Waals surface area contributed by atoms with E-state index >= 15 is 0 Å². The van der Waals surface area contributed by atoms with Gasteiger partial charge in [0.1, 0.15) is 11.2 Å². The summed E-state index contributed by atoms with van der Waals surface area (Å²) in [5.41, 5.74) is 8.80. The predicted molar refractivity (Wildman–Crippen MR) is 199 cm³/mol. The van der Waals surface area contributed by atoms with Crippen LogP contribution in [0.2, 0.25) is 0 Å². The Hall–Kier alpha value is -5.12. The molecule has 0 aliphatic carbocycles. The normalized spacial score (nSPS) is 12.0. The van der Waals surface area contributed by atoms with Crippen LogP contribution in [-0.4, -0.2) is 0 Å². The van der Waals surface area contributed by atoms with Crippen LogP contribution >= 0.6 is 15.9 Å². The van der Waals surface area contributed by atoms with E-state index < -0.39 is 0 Å². The van der Waals surface area contributed by atoms with Crippen molar-refractivity contribution in [2.75, 3.05) is 4.90 Å². The molecule has 0 saturated carbocycles. The number of benzene rings is 8. The van der Waals surface area contributed by atoms with E-state index in [-0.39, 0.29) is 0 Å². The Morgan fingerprint density at radius 2 is 1.17 bits per heavy atom. The van der Waals surface area contributed by atoms with Crippen LogP contribution in [0, 0.1) is 0 Å². The molecule has 9 rings (SSSR count). The Kier molecular flexibility index (Phi) is 6.19. The first-order valence-corrected chi connectivity index (χ1v) is 16.6. The van der Waals surface area contributed by atoms with Crippen LogP contribution in [0.4, 0.5) is 17.1 Å². The largest absolute Gasteiger partial charge is 0.455 e. The number of furan rings is 1. The Bertz CT molecular complexity index is 2560. The molecule has 0 radical (unpaired) electrons. The SMILES string of the molecule is CC(C)c1ccc(N(c2ccc(-c3cccc4c3oc3ccccc34)cc2)c2ccc3ccc4c(Br)ccc5ccc2c3c54)cc1. The third kappa shape index (κ3) is 4.15. The van der Waals surface area contributed by atoms with Crippen LogP contribution < -0.4 is 4.90 Å². The summed E-state index contributed by atoms with van der Waals surface area (Å²) in [7, 11) is 0. The van der Waals surface area contributed by atoms with Gasteiger partial charge in [0.25, 0.3) is 0 Å². The van der Waals surface area contributed by atoms with Crippen LogP contribution in [0.25, 0.3) is 65.4 Å². The molecule has 0 amide bonds. The maximum absolute atomic E-state index is 6.38. The minimum absolute atomic E-state index is 0.468. The molecule has 0 aliphatic heterocycles. The van der Waals surface area contributed by atoms with E-state index in [1.807, 2.05) is 12.1 Å². The number of anilines is 3. The smallest absolute Gasteiger partial charge is 0.143 e. The van der Waals surface area contributed by atoms with E-state index in [4.69, 9.17) is 4.42 Å². The Morgan fingerprint density at radius 1 is 0.543 bits per heavy atom. The number of rotatable bonds is 5. The van der Waals surface area contributed by atoms with E-state index in [9.17, 15) is 0 Å². The van der Waals surface area contributed by atoms with Crippen LogP contribution in [0.1, 0.15) is 25.3 Å². The van der Waals surface area contributed by atoms with Crippen molar-refractivity contribution in [2.45, 2.75) is 19.8 Å². The molecule has 1 heterocycles. The number of hydrogen-bond donors (Lipinski definition) is 0. The fraction of sp³-hybridized carbons (Fsp3) is 0.0698. The fourth-order valence-corrected chi connectivity index (χ4v) is 7.61. The molecule has 1 aromatic heterocycles. The zero-order valence-corrected chi connectivity index (χ0v) is 27.2. The van der Waals surface area contributed by atoms with Gasteiger partial charge in [-0.25, -0.2) is 0 Å². The lowest BCUT2D eigenvalue weighted by Crippen LogP contribution is -2.11. The van der Waals surface area contributed by atoms with Crippen molar-refractivity contribution in [3.63, 3.8) is 0 Å². The van der Waals surface area contributed by atoms with E-state index in [2.05, 4.69) is 162 Å². The van der Waals surface area contributed by atoms with Crippen molar-refractivity contribution in [2.24, 2.45) is 0 Å². The summed E-state index contributed by atoms with van der Waals surface area (Å²) in [6, 6.07) is 50.6. The highest BCUT2D eigenvalue weighted by Crippen LogP contribution is 2.45. The van der Waals surface area contributed by atoms with Gasteiger partial charge < -0.3 is 9.32 Å². The lowest BCUT2D eigenvalue weighted by Gasteiger charge is -2.28. The molecule has 0 spiro atoms. The molecule has 0 bridgehead atoms. The number of halogens is 1. The van der Waals surface area contributed by atoms with E-state index in [1.165, 1.54) is 37.9 Å². The van der Waals surface area contributed by atoms with Crippen molar-refractivity contribution in [3.05, 3.63) is 150 Å². The van der Waals surface area contributed by atoms with Gasteiger partial charge in [-0.2, -0.15) is 0 Å². The Balaban J connectivity index is 1.24.